The summed E-state index contributed by atoms with van der Waals surface area (Å²) in [5.74, 6) is -7.62. The van der Waals surface area contributed by atoms with Crippen LogP contribution in [0.5, 0.6) is 0 Å². The van der Waals surface area contributed by atoms with Crippen molar-refractivity contribution < 1.29 is 68.9 Å². The highest BCUT2D eigenvalue weighted by molar-refractivity contribution is 5.72. The van der Waals surface area contributed by atoms with Crippen LogP contribution in [0.3, 0.4) is 0 Å². The molecule has 0 aromatic rings. The molecular weight excluding hydrogens is 657 g/mol. The van der Waals surface area contributed by atoms with Crippen LogP contribution in [0.2, 0.25) is 0 Å². The first-order valence-electron chi connectivity index (χ1n) is 16.3. The Balaban J connectivity index is -0.000000271. The summed E-state index contributed by atoms with van der Waals surface area (Å²) in [6.45, 7) is 17.3. The van der Waals surface area contributed by atoms with Gasteiger partial charge < -0.3 is 18.9 Å². The predicted molar refractivity (Wildman–Crippen MR) is 168 cm³/mol. The van der Waals surface area contributed by atoms with E-state index in [0.717, 1.165) is 20.3 Å². The molecule has 0 saturated heterocycles. The van der Waals surface area contributed by atoms with Gasteiger partial charge in [-0.2, -0.15) is 13.2 Å². The van der Waals surface area contributed by atoms with Gasteiger partial charge in [0.1, 0.15) is 0 Å². The van der Waals surface area contributed by atoms with Gasteiger partial charge in [0.15, 0.2) is 0 Å². The highest BCUT2D eigenvalue weighted by Crippen LogP contribution is 2.20. The van der Waals surface area contributed by atoms with Gasteiger partial charge in [0, 0.05) is 12.8 Å². The Hall–Kier alpha value is -2.61. The zero-order valence-corrected chi connectivity index (χ0v) is 30.5. The molecule has 0 heterocycles. The molecule has 0 aliphatic carbocycles. The third-order valence-corrected chi connectivity index (χ3v) is 6.55. The van der Waals surface area contributed by atoms with Crippen LogP contribution in [-0.4, -0.2) is 68.3 Å². The minimum absolute atomic E-state index is 0.0601. The third-order valence-electron chi connectivity index (χ3n) is 6.55. The number of carbonyl (C=O) groups is 4. The minimum Gasteiger partial charge on any atom is -0.466 e. The number of ether oxygens (including phenoxy) is 4. The Morgan fingerprint density at radius 1 is 0.458 bits per heavy atom. The summed E-state index contributed by atoms with van der Waals surface area (Å²) in [5.41, 5.74) is 0. The summed E-state index contributed by atoms with van der Waals surface area (Å²) in [7, 11) is 0. The highest BCUT2D eigenvalue weighted by atomic mass is 19.4. The van der Waals surface area contributed by atoms with Gasteiger partial charge in [-0.15, -0.1) is 0 Å². The Kier molecular flexibility index (Phi) is 30.7. The molecule has 0 saturated carbocycles. The zero-order valence-electron chi connectivity index (χ0n) is 30.5. The van der Waals surface area contributed by atoms with Crippen LogP contribution >= 0.6 is 0 Å². The molecule has 8 nitrogen and oxygen atoms in total. The van der Waals surface area contributed by atoms with E-state index < -0.39 is 61.8 Å². The Labute approximate surface area is 282 Å². The standard InChI is InChI=1S/2C9H16F2O2.C8H13F3O2.C7H14O2/c2*1-4-7(2)8(12)13-6-5-9(3,10)11;1-3-6(2)7(12)13-5-4-8(9,10)11;1-4-6(3)7(8)9-5-2/h2*7H,4-6H2,1-3H3;6H,3-5H2,1-2H3;6H,4-5H2,1-3H3. The molecule has 0 fully saturated rings. The maximum atomic E-state index is 12.3. The van der Waals surface area contributed by atoms with E-state index in [9.17, 15) is 49.9 Å². The topological polar surface area (TPSA) is 105 Å². The summed E-state index contributed by atoms with van der Waals surface area (Å²) in [5, 5.41) is 0. The summed E-state index contributed by atoms with van der Waals surface area (Å²) < 4.78 is 102. The molecule has 0 aliphatic heterocycles. The van der Waals surface area contributed by atoms with Gasteiger partial charge in [-0.1, -0.05) is 55.4 Å². The van der Waals surface area contributed by atoms with E-state index in [1.54, 1.807) is 27.7 Å². The lowest BCUT2D eigenvalue weighted by atomic mass is 10.1. The smallest absolute Gasteiger partial charge is 0.392 e. The van der Waals surface area contributed by atoms with E-state index >= 15 is 0 Å². The summed E-state index contributed by atoms with van der Waals surface area (Å²) >= 11 is 0. The van der Waals surface area contributed by atoms with Crippen molar-refractivity contribution in [2.24, 2.45) is 23.7 Å². The summed E-state index contributed by atoms with van der Waals surface area (Å²) in [6.07, 6.45) is -3.37. The van der Waals surface area contributed by atoms with Crippen LogP contribution in [-0.2, 0) is 38.1 Å². The fraction of sp³-hybridized carbons (Fsp3) is 0.879. The average molecular weight is 717 g/mol. The van der Waals surface area contributed by atoms with Crippen molar-refractivity contribution in [3.8, 4) is 0 Å². The van der Waals surface area contributed by atoms with Crippen LogP contribution < -0.4 is 0 Å². The van der Waals surface area contributed by atoms with E-state index in [1.165, 1.54) is 0 Å². The van der Waals surface area contributed by atoms with E-state index in [1.807, 2.05) is 34.6 Å². The second kappa shape index (κ2) is 28.3. The van der Waals surface area contributed by atoms with E-state index in [0.29, 0.717) is 25.9 Å². The molecule has 0 aromatic heterocycles. The van der Waals surface area contributed by atoms with Gasteiger partial charge in [0.05, 0.1) is 56.5 Å². The van der Waals surface area contributed by atoms with Gasteiger partial charge in [-0.3, -0.25) is 19.2 Å². The van der Waals surface area contributed by atoms with E-state index in [-0.39, 0.29) is 42.9 Å². The molecule has 0 N–H and O–H groups in total. The molecule has 0 amide bonds. The lowest BCUT2D eigenvalue weighted by Gasteiger charge is -2.12. The lowest BCUT2D eigenvalue weighted by Crippen LogP contribution is -2.19. The van der Waals surface area contributed by atoms with Gasteiger partial charge in [0.2, 0.25) is 11.8 Å². The maximum Gasteiger partial charge on any atom is 0.392 e. The number of hydrogen-bond donors (Lipinski definition) is 0. The lowest BCUT2D eigenvalue weighted by molar-refractivity contribution is -0.162. The second-order valence-electron chi connectivity index (χ2n) is 11.5. The molecule has 0 aromatic carbocycles. The number of esters is 4. The Bertz CT molecular complexity index is 766. The number of alkyl halides is 7. The quantitative estimate of drug-likeness (QED) is 0.0833. The summed E-state index contributed by atoms with van der Waals surface area (Å²) in [4.78, 5) is 43.6. The molecule has 0 rings (SSSR count). The fourth-order valence-corrected chi connectivity index (χ4v) is 2.31. The number of hydrogen-bond acceptors (Lipinski definition) is 8. The molecule has 4 unspecified atom stereocenters. The summed E-state index contributed by atoms with van der Waals surface area (Å²) in [6, 6.07) is 0. The molecule has 48 heavy (non-hydrogen) atoms. The minimum atomic E-state index is -4.25. The number of halogens is 7. The first-order chi connectivity index (χ1) is 21.8. The van der Waals surface area contributed by atoms with Crippen molar-refractivity contribution in [3.63, 3.8) is 0 Å². The molecule has 0 aliphatic rings. The van der Waals surface area contributed by atoms with Crippen molar-refractivity contribution >= 4 is 23.9 Å². The predicted octanol–water partition coefficient (Wildman–Crippen LogP) is 9.37. The molecule has 0 bridgehead atoms. The average Bonchev–Trinajstić information content (AvgIpc) is 2.98. The Morgan fingerprint density at radius 2 is 0.688 bits per heavy atom. The van der Waals surface area contributed by atoms with Crippen molar-refractivity contribution in [1.29, 1.82) is 0 Å². The molecule has 4 atom stereocenters. The van der Waals surface area contributed by atoms with Crippen molar-refractivity contribution in [1.82, 2.24) is 0 Å². The fourth-order valence-electron chi connectivity index (χ4n) is 2.31. The monoisotopic (exact) mass is 716 g/mol. The second-order valence-corrected chi connectivity index (χ2v) is 11.5. The normalized spacial score (nSPS) is 13.7. The van der Waals surface area contributed by atoms with Gasteiger partial charge >= 0.3 is 30.1 Å². The van der Waals surface area contributed by atoms with Crippen molar-refractivity contribution in [2.75, 3.05) is 26.4 Å². The van der Waals surface area contributed by atoms with Crippen LogP contribution in [0.15, 0.2) is 0 Å². The first-order valence-corrected chi connectivity index (χ1v) is 16.3. The molecule has 288 valence electrons. The van der Waals surface area contributed by atoms with Gasteiger partial charge in [0.25, 0.3) is 0 Å². The third kappa shape index (κ3) is 37.8. The maximum absolute atomic E-state index is 12.3. The number of carbonyl (C=O) groups excluding carboxylic acids is 4. The van der Waals surface area contributed by atoms with Gasteiger partial charge in [-0.25, -0.2) is 17.6 Å². The van der Waals surface area contributed by atoms with E-state index in [2.05, 4.69) is 14.2 Å². The molecule has 0 spiro atoms. The number of rotatable bonds is 17. The highest BCUT2D eigenvalue weighted by Gasteiger charge is 2.28. The van der Waals surface area contributed by atoms with Crippen molar-refractivity contribution in [2.45, 2.75) is 139 Å². The Morgan fingerprint density at radius 3 is 0.875 bits per heavy atom. The first kappa shape index (κ1) is 52.2. The van der Waals surface area contributed by atoms with Crippen LogP contribution in [0.4, 0.5) is 30.7 Å². The van der Waals surface area contributed by atoms with Crippen LogP contribution in [0.1, 0.15) is 121 Å². The van der Waals surface area contributed by atoms with Crippen molar-refractivity contribution in [3.05, 3.63) is 0 Å². The SMILES string of the molecule is CCC(C)C(=O)OCCC(C)(F)F.CCC(C)C(=O)OCCC(C)(F)F.CCC(C)C(=O)OCCC(F)(F)F.CCOC(=O)C(C)CC. The zero-order chi connectivity index (χ0) is 38.7. The molecule has 0 radical (unpaired) electrons. The van der Waals surface area contributed by atoms with E-state index in [4.69, 9.17) is 4.74 Å². The van der Waals surface area contributed by atoms with Gasteiger partial charge in [-0.05, 0) is 46.5 Å². The van der Waals surface area contributed by atoms with Crippen LogP contribution in [0.25, 0.3) is 0 Å². The molecule has 15 heteroatoms. The molecular formula is C33H59F7O8. The largest absolute Gasteiger partial charge is 0.466 e. The van der Waals surface area contributed by atoms with Crippen LogP contribution in [0, 0.1) is 23.7 Å².